The first-order valence-electron chi connectivity index (χ1n) is 8.36. The van der Waals surface area contributed by atoms with Gasteiger partial charge in [0.05, 0.1) is 5.56 Å². The normalized spacial score (nSPS) is 14.6. The summed E-state index contributed by atoms with van der Waals surface area (Å²) in [5.41, 5.74) is 2.68. The maximum atomic E-state index is 13.0. The Bertz CT molecular complexity index is 839. The van der Waals surface area contributed by atoms with Crippen LogP contribution in [0.3, 0.4) is 0 Å². The fourth-order valence-corrected chi connectivity index (χ4v) is 3.18. The third-order valence-corrected chi connectivity index (χ3v) is 4.51. The van der Waals surface area contributed by atoms with Crippen molar-refractivity contribution >= 4 is 11.6 Å². The fourth-order valence-electron chi connectivity index (χ4n) is 3.18. The first kappa shape index (κ1) is 15.4. The predicted molar refractivity (Wildman–Crippen MR) is 96.4 cm³/mol. The van der Waals surface area contributed by atoms with Crippen molar-refractivity contribution < 1.29 is 4.79 Å². The summed E-state index contributed by atoms with van der Waals surface area (Å²) in [5, 5.41) is 0. The lowest BCUT2D eigenvalue weighted by Gasteiger charge is -2.36. The molecule has 0 unspecified atom stereocenters. The topological polar surface area (TPSA) is 65.1 Å². The number of carbonyl (C=O) groups is 1. The molecule has 0 spiro atoms. The quantitative estimate of drug-likeness (QED) is 0.799. The molecular formula is C19H19N5O. The summed E-state index contributed by atoms with van der Waals surface area (Å²) in [6, 6.07) is 11.6. The molecule has 4 rings (SSSR count). The average molecular weight is 333 g/mol. The highest BCUT2D eigenvalue weighted by molar-refractivity contribution is 6.00. The van der Waals surface area contributed by atoms with Gasteiger partial charge in [0.15, 0.2) is 0 Å². The minimum absolute atomic E-state index is 0.0568. The van der Waals surface area contributed by atoms with Gasteiger partial charge in [0, 0.05) is 62.2 Å². The van der Waals surface area contributed by atoms with E-state index in [4.69, 9.17) is 0 Å². The van der Waals surface area contributed by atoms with Gasteiger partial charge in [-0.25, -0.2) is 4.98 Å². The third kappa shape index (κ3) is 3.10. The molecule has 126 valence electrons. The highest BCUT2D eigenvalue weighted by Crippen LogP contribution is 2.23. The van der Waals surface area contributed by atoms with E-state index in [-0.39, 0.29) is 5.91 Å². The van der Waals surface area contributed by atoms with Gasteiger partial charge >= 0.3 is 0 Å². The van der Waals surface area contributed by atoms with Gasteiger partial charge in [0.1, 0.15) is 5.82 Å². The Hall–Kier alpha value is -3.15. The summed E-state index contributed by atoms with van der Waals surface area (Å²) in [6.45, 7) is 3.04. The number of H-pyrrole nitrogens is 1. The van der Waals surface area contributed by atoms with Gasteiger partial charge in [0.25, 0.3) is 5.91 Å². The first-order valence-corrected chi connectivity index (χ1v) is 8.36. The first-order chi connectivity index (χ1) is 12.3. The molecule has 1 amide bonds. The molecule has 3 aromatic rings. The Balaban J connectivity index is 1.50. The molecule has 6 heteroatoms. The number of hydrogen-bond acceptors (Lipinski definition) is 4. The van der Waals surface area contributed by atoms with Crippen LogP contribution in [0.2, 0.25) is 0 Å². The van der Waals surface area contributed by atoms with Crippen LogP contribution < -0.4 is 4.90 Å². The zero-order valence-electron chi connectivity index (χ0n) is 13.8. The van der Waals surface area contributed by atoms with E-state index in [2.05, 4.69) is 19.9 Å². The van der Waals surface area contributed by atoms with Crippen LogP contribution >= 0.6 is 0 Å². The maximum Gasteiger partial charge on any atom is 0.254 e. The molecule has 0 atom stereocenters. The van der Waals surface area contributed by atoms with Gasteiger partial charge in [-0.2, -0.15) is 0 Å². The molecule has 1 aromatic carbocycles. The summed E-state index contributed by atoms with van der Waals surface area (Å²) in [5.74, 6) is 0.778. The lowest BCUT2D eigenvalue weighted by molar-refractivity contribution is 0.0747. The number of aromatic amines is 1. The fraction of sp³-hybridized carbons (Fsp3) is 0.211. The van der Waals surface area contributed by atoms with Crippen molar-refractivity contribution in [1.29, 1.82) is 0 Å². The number of amides is 1. The summed E-state index contributed by atoms with van der Waals surface area (Å²) in [6.07, 6.45) is 7.06. The van der Waals surface area contributed by atoms with Crippen molar-refractivity contribution in [2.24, 2.45) is 0 Å². The van der Waals surface area contributed by atoms with Crippen molar-refractivity contribution in [1.82, 2.24) is 19.9 Å². The van der Waals surface area contributed by atoms with Crippen LogP contribution in [-0.4, -0.2) is 51.9 Å². The maximum absolute atomic E-state index is 13.0. The van der Waals surface area contributed by atoms with Crippen LogP contribution in [0.15, 0.2) is 61.2 Å². The van der Waals surface area contributed by atoms with E-state index in [0.717, 1.165) is 30.2 Å². The van der Waals surface area contributed by atoms with Gasteiger partial charge in [0.2, 0.25) is 0 Å². The largest absolute Gasteiger partial charge is 0.368 e. The number of benzene rings is 1. The second-order valence-corrected chi connectivity index (χ2v) is 5.97. The number of hydrogen-bond donors (Lipinski definition) is 1. The number of imidazole rings is 1. The van der Waals surface area contributed by atoms with E-state index < -0.39 is 0 Å². The van der Waals surface area contributed by atoms with E-state index in [1.807, 2.05) is 41.3 Å². The lowest BCUT2D eigenvalue weighted by atomic mass is 10.1. The van der Waals surface area contributed by atoms with Gasteiger partial charge in [-0.05, 0) is 18.2 Å². The van der Waals surface area contributed by atoms with Crippen LogP contribution in [0.5, 0.6) is 0 Å². The van der Waals surface area contributed by atoms with Crippen molar-refractivity contribution in [3.63, 3.8) is 0 Å². The Morgan fingerprint density at radius 1 is 0.960 bits per heavy atom. The van der Waals surface area contributed by atoms with Gasteiger partial charge in [-0.1, -0.05) is 18.2 Å². The Morgan fingerprint density at radius 3 is 2.44 bits per heavy atom. The van der Waals surface area contributed by atoms with Crippen LogP contribution in [0, 0.1) is 0 Å². The number of piperazine rings is 1. The molecule has 25 heavy (non-hydrogen) atoms. The molecule has 1 saturated heterocycles. The van der Waals surface area contributed by atoms with E-state index in [1.54, 1.807) is 24.8 Å². The Kier molecular flexibility index (Phi) is 4.16. The number of nitrogens with zero attached hydrogens (tertiary/aromatic N) is 4. The SMILES string of the molecule is O=C(c1ccccc1-c1ncc[nH]1)N1CCN(c2ccncc2)CC1. The second-order valence-electron chi connectivity index (χ2n) is 5.97. The summed E-state index contributed by atoms with van der Waals surface area (Å²) in [7, 11) is 0. The molecule has 1 aliphatic heterocycles. The van der Waals surface area contributed by atoms with E-state index in [1.165, 1.54) is 0 Å². The molecule has 2 aromatic heterocycles. The number of aromatic nitrogens is 3. The number of rotatable bonds is 3. The molecule has 6 nitrogen and oxygen atoms in total. The van der Waals surface area contributed by atoms with Gasteiger partial charge in [-0.15, -0.1) is 0 Å². The summed E-state index contributed by atoms with van der Waals surface area (Å²) < 4.78 is 0. The van der Waals surface area contributed by atoms with E-state index in [9.17, 15) is 4.79 Å². The molecule has 0 bridgehead atoms. The van der Waals surface area contributed by atoms with Crippen molar-refractivity contribution in [2.45, 2.75) is 0 Å². The van der Waals surface area contributed by atoms with Crippen LogP contribution in [0.4, 0.5) is 5.69 Å². The zero-order valence-corrected chi connectivity index (χ0v) is 13.8. The summed E-state index contributed by atoms with van der Waals surface area (Å²) >= 11 is 0. The minimum Gasteiger partial charge on any atom is -0.368 e. The van der Waals surface area contributed by atoms with E-state index >= 15 is 0 Å². The van der Waals surface area contributed by atoms with Crippen molar-refractivity contribution in [3.05, 3.63) is 66.7 Å². The number of nitrogens with one attached hydrogen (secondary N) is 1. The zero-order chi connectivity index (χ0) is 17.1. The van der Waals surface area contributed by atoms with Crippen molar-refractivity contribution in [3.8, 4) is 11.4 Å². The minimum atomic E-state index is 0.0568. The molecular weight excluding hydrogens is 314 g/mol. The Labute approximate surface area is 146 Å². The number of pyridine rings is 1. The van der Waals surface area contributed by atoms with Crippen LogP contribution in [-0.2, 0) is 0 Å². The Morgan fingerprint density at radius 2 is 1.72 bits per heavy atom. The molecule has 3 heterocycles. The standard InChI is InChI=1S/C19H19N5O/c25-19(17-4-2-1-3-16(17)18-21-9-10-22-18)24-13-11-23(12-14-24)15-5-7-20-8-6-15/h1-10H,11-14H2,(H,21,22). The third-order valence-electron chi connectivity index (χ3n) is 4.51. The van der Waals surface area contributed by atoms with Crippen LogP contribution in [0.1, 0.15) is 10.4 Å². The number of carbonyl (C=O) groups excluding carboxylic acids is 1. The lowest BCUT2D eigenvalue weighted by Crippen LogP contribution is -2.48. The molecule has 0 aliphatic carbocycles. The van der Waals surface area contributed by atoms with Crippen molar-refractivity contribution in [2.75, 3.05) is 31.1 Å². The van der Waals surface area contributed by atoms with Gasteiger partial charge in [-0.3, -0.25) is 9.78 Å². The summed E-state index contributed by atoms with van der Waals surface area (Å²) in [4.78, 5) is 28.6. The highest BCUT2D eigenvalue weighted by atomic mass is 16.2. The molecule has 1 aliphatic rings. The molecule has 0 saturated carbocycles. The second kappa shape index (κ2) is 6.76. The smallest absolute Gasteiger partial charge is 0.254 e. The molecule has 1 N–H and O–H groups in total. The predicted octanol–water partition coefficient (Wildman–Crippen LogP) is 2.43. The number of anilines is 1. The average Bonchev–Trinajstić information content (AvgIpc) is 3.23. The molecule has 0 radical (unpaired) electrons. The van der Waals surface area contributed by atoms with Crippen LogP contribution in [0.25, 0.3) is 11.4 Å². The highest BCUT2D eigenvalue weighted by Gasteiger charge is 2.24. The molecule has 1 fully saturated rings. The van der Waals surface area contributed by atoms with E-state index in [0.29, 0.717) is 18.7 Å². The monoisotopic (exact) mass is 333 g/mol. The van der Waals surface area contributed by atoms with Gasteiger partial charge < -0.3 is 14.8 Å².